The fourth-order valence-corrected chi connectivity index (χ4v) is 4.08. The van der Waals surface area contributed by atoms with Gasteiger partial charge in [-0.1, -0.05) is 74.5 Å². The van der Waals surface area contributed by atoms with Crippen LogP contribution in [0.4, 0.5) is 0 Å². The first-order valence-corrected chi connectivity index (χ1v) is 11.3. The van der Waals surface area contributed by atoms with E-state index < -0.39 is 0 Å². The Bertz CT molecular complexity index is 1170. The second-order valence-electron chi connectivity index (χ2n) is 8.90. The third-order valence-corrected chi connectivity index (χ3v) is 5.66. The van der Waals surface area contributed by atoms with Crippen molar-refractivity contribution in [2.75, 3.05) is 6.61 Å². The van der Waals surface area contributed by atoms with Gasteiger partial charge in [-0.3, -0.25) is 0 Å². The fourth-order valence-electron chi connectivity index (χ4n) is 4.08. The molecule has 0 fully saturated rings. The van der Waals surface area contributed by atoms with Crippen LogP contribution >= 0.6 is 0 Å². The maximum atomic E-state index is 6.32. The normalized spacial score (nSPS) is 11.5. The van der Waals surface area contributed by atoms with Crippen molar-refractivity contribution >= 4 is 21.5 Å². The minimum atomic E-state index is 0.120. The Morgan fingerprint density at radius 2 is 1.19 bits per heavy atom. The quantitative estimate of drug-likeness (QED) is 0.294. The summed E-state index contributed by atoms with van der Waals surface area (Å²) in [5.74, 6) is 2.55. The maximum absolute atomic E-state index is 6.32. The van der Waals surface area contributed by atoms with Gasteiger partial charge >= 0.3 is 0 Å². The molecular weight excluding hydrogens is 380 g/mol. The molecule has 0 unspecified atom stereocenters. The molecule has 0 aliphatic heterocycles. The molecule has 0 aliphatic rings. The van der Waals surface area contributed by atoms with Crippen molar-refractivity contribution in [2.45, 2.75) is 46.6 Å². The summed E-state index contributed by atoms with van der Waals surface area (Å²) >= 11 is 0. The highest BCUT2D eigenvalue weighted by Gasteiger charge is 2.16. The molecule has 2 heteroatoms. The lowest BCUT2D eigenvalue weighted by molar-refractivity contribution is 0.240. The van der Waals surface area contributed by atoms with Gasteiger partial charge < -0.3 is 9.47 Å². The molecule has 0 spiro atoms. The average molecular weight is 413 g/mol. The van der Waals surface area contributed by atoms with Crippen LogP contribution in [0.25, 0.3) is 21.5 Å². The van der Waals surface area contributed by atoms with Gasteiger partial charge in [-0.2, -0.15) is 0 Å². The zero-order valence-electron chi connectivity index (χ0n) is 19.0. The Hall–Kier alpha value is -3.00. The predicted molar refractivity (Wildman–Crippen MR) is 131 cm³/mol. The van der Waals surface area contributed by atoms with Crippen LogP contribution in [0.1, 0.15) is 45.2 Å². The Morgan fingerprint density at radius 1 is 0.645 bits per heavy atom. The summed E-state index contributed by atoms with van der Waals surface area (Å²) in [5, 5.41) is 4.95. The van der Waals surface area contributed by atoms with Crippen LogP contribution in [0.5, 0.6) is 11.5 Å². The van der Waals surface area contributed by atoms with Crippen molar-refractivity contribution < 1.29 is 9.47 Å². The maximum Gasteiger partial charge on any atom is 0.123 e. The van der Waals surface area contributed by atoms with Crippen LogP contribution in [-0.4, -0.2) is 12.7 Å². The summed E-state index contributed by atoms with van der Waals surface area (Å²) in [6.07, 6.45) is 1.93. The molecule has 0 N–H and O–H groups in total. The highest BCUT2D eigenvalue weighted by Crippen LogP contribution is 2.36. The lowest BCUT2D eigenvalue weighted by Gasteiger charge is -2.19. The first-order valence-electron chi connectivity index (χ1n) is 11.3. The van der Waals surface area contributed by atoms with Crippen LogP contribution < -0.4 is 9.47 Å². The molecule has 31 heavy (non-hydrogen) atoms. The largest absolute Gasteiger partial charge is 0.493 e. The third-order valence-electron chi connectivity index (χ3n) is 5.66. The van der Waals surface area contributed by atoms with Gasteiger partial charge in [0.05, 0.1) is 12.7 Å². The number of hydrogen-bond donors (Lipinski definition) is 0. The molecule has 4 aromatic carbocycles. The molecule has 0 saturated carbocycles. The van der Waals surface area contributed by atoms with E-state index >= 15 is 0 Å². The van der Waals surface area contributed by atoms with Crippen LogP contribution in [0.3, 0.4) is 0 Å². The van der Waals surface area contributed by atoms with E-state index in [2.05, 4.69) is 100 Å². The molecule has 0 saturated heterocycles. The van der Waals surface area contributed by atoms with Gasteiger partial charge in [0.2, 0.25) is 0 Å². The van der Waals surface area contributed by atoms with E-state index in [1.54, 1.807) is 0 Å². The fraction of sp³-hybridized carbons (Fsp3) is 0.310. The van der Waals surface area contributed by atoms with Gasteiger partial charge in [-0.05, 0) is 59.9 Å². The van der Waals surface area contributed by atoms with Crippen molar-refractivity contribution in [2.24, 2.45) is 5.92 Å². The van der Waals surface area contributed by atoms with Crippen molar-refractivity contribution in [3.05, 3.63) is 83.9 Å². The van der Waals surface area contributed by atoms with E-state index in [9.17, 15) is 0 Å². The number of rotatable bonds is 8. The molecule has 0 atom stereocenters. The molecule has 160 valence electrons. The van der Waals surface area contributed by atoms with Gasteiger partial charge in [-0.25, -0.2) is 0 Å². The summed E-state index contributed by atoms with van der Waals surface area (Å²) in [6, 6.07) is 25.7. The SMILES string of the molecule is CC(C)CCOc1ccc2ccccc2c1Cc1c(OC(C)C)ccc2ccccc12. The number of fused-ring (bicyclic) bond motifs is 2. The first kappa shape index (κ1) is 21.2. The van der Waals surface area contributed by atoms with E-state index in [0.717, 1.165) is 30.9 Å². The minimum absolute atomic E-state index is 0.120. The van der Waals surface area contributed by atoms with Crippen LogP contribution in [-0.2, 0) is 6.42 Å². The third kappa shape index (κ3) is 4.85. The summed E-state index contributed by atoms with van der Waals surface area (Å²) in [5.41, 5.74) is 2.45. The van der Waals surface area contributed by atoms with Gasteiger partial charge in [-0.15, -0.1) is 0 Å². The summed E-state index contributed by atoms with van der Waals surface area (Å²) in [6.45, 7) is 9.36. The Morgan fingerprint density at radius 3 is 1.77 bits per heavy atom. The molecule has 4 aromatic rings. The topological polar surface area (TPSA) is 18.5 Å². The van der Waals surface area contributed by atoms with Crippen LogP contribution in [0, 0.1) is 5.92 Å². The second kappa shape index (κ2) is 9.43. The Balaban J connectivity index is 1.84. The number of hydrogen-bond acceptors (Lipinski definition) is 2. The zero-order valence-corrected chi connectivity index (χ0v) is 19.0. The van der Waals surface area contributed by atoms with Crippen LogP contribution in [0.15, 0.2) is 72.8 Å². The highest BCUT2D eigenvalue weighted by molar-refractivity contribution is 5.91. The van der Waals surface area contributed by atoms with Crippen molar-refractivity contribution in [3.8, 4) is 11.5 Å². The monoisotopic (exact) mass is 412 g/mol. The van der Waals surface area contributed by atoms with Crippen molar-refractivity contribution in [1.29, 1.82) is 0 Å². The van der Waals surface area contributed by atoms with E-state index in [-0.39, 0.29) is 6.10 Å². The molecule has 0 radical (unpaired) electrons. The van der Waals surface area contributed by atoms with Gasteiger partial charge in [0.15, 0.2) is 0 Å². The lowest BCUT2D eigenvalue weighted by Crippen LogP contribution is -2.09. The lowest BCUT2D eigenvalue weighted by atomic mass is 9.93. The molecule has 0 aromatic heterocycles. The molecule has 0 heterocycles. The average Bonchev–Trinajstić information content (AvgIpc) is 2.75. The molecule has 4 rings (SSSR count). The first-order chi connectivity index (χ1) is 15.0. The standard InChI is InChI=1S/C29H32O2/c1-20(2)17-18-30-28-15-13-22-9-5-7-11-24(22)26(28)19-27-25-12-8-6-10-23(25)14-16-29(27)31-21(3)4/h5-16,20-21H,17-19H2,1-4H3. The van der Waals surface area contributed by atoms with E-state index in [0.29, 0.717) is 5.92 Å². The minimum Gasteiger partial charge on any atom is -0.493 e. The molecule has 0 bridgehead atoms. The van der Waals surface area contributed by atoms with Crippen LogP contribution in [0.2, 0.25) is 0 Å². The summed E-state index contributed by atoms with van der Waals surface area (Å²) in [7, 11) is 0. The van der Waals surface area contributed by atoms with E-state index in [1.807, 2.05) is 0 Å². The molecule has 0 aliphatic carbocycles. The highest BCUT2D eigenvalue weighted by atomic mass is 16.5. The predicted octanol–water partition coefficient (Wildman–Crippen LogP) is 7.80. The number of ether oxygens (including phenoxy) is 2. The van der Waals surface area contributed by atoms with Gasteiger partial charge in [0, 0.05) is 17.5 Å². The Kier molecular flexibility index (Phi) is 6.46. The smallest absolute Gasteiger partial charge is 0.123 e. The van der Waals surface area contributed by atoms with Gasteiger partial charge in [0.1, 0.15) is 11.5 Å². The molecular formula is C29H32O2. The molecule has 2 nitrogen and oxygen atoms in total. The Labute approximate surface area is 185 Å². The zero-order chi connectivity index (χ0) is 21.8. The van der Waals surface area contributed by atoms with Gasteiger partial charge in [0.25, 0.3) is 0 Å². The molecule has 0 amide bonds. The summed E-state index contributed by atoms with van der Waals surface area (Å²) < 4.78 is 12.6. The number of benzene rings is 4. The summed E-state index contributed by atoms with van der Waals surface area (Å²) in [4.78, 5) is 0. The second-order valence-corrected chi connectivity index (χ2v) is 8.90. The van der Waals surface area contributed by atoms with E-state index in [4.69, 9.17) is 9.47 Å². The van der Waals surface area contributed by atoms with E-state index in [1.165, 1.54) is 32.7 Å². The van der Waals surface area contributed by atoms with Crippen molar-refractivity contribution in [3.63, 3.8) is 0 Å². The van der Waals surface area contributed by atoms with Crippen molar-refractivity contribution in [1.82, 2.24) is 0 Å².